The summed E-state index contributed by atoms with van der Waals surface area (Å²) in [7, 11) is 1.64. The first-order chi connectivity index (χ1) is 11.6. The van der Waals surface area contributed by atoms with Gasteiger partial charge in [0.05, 0.1) is 22.7 Å². The molecular formula is C16H21N3O4S. The maximum Gasteiger partial charge on any atom is 0.291 e. The molecule has 2 aromatic rings. The van der Waals surface area contributed by atoms with Crippen LogP contribution in [0.2, 0.25) is 0 Å². The zero-order chi connectivity index (χ0) is 17.4. The summed E-state index contributed by atoms with van der Waals surface area (Å²) in [6.07, 6.45) is 1.44. The van der Waals surface area contributed by atoms with Crippen LogP contribution in [-0.2, 0) is 4.74 Å². The van der Waals surface area contributed by atoms with Crippen molar-refractivity contribution in [1.29, 1.82) is 0 Å². The third kappa shape index (κ3) is 5.19. The lowest BCUT2D eigenvalue weighted by Crippen LogP contribution is -2.32. The van der Waals surface area contributed by atoms with Gasteiger partial charge in [-0.15, -0.1) is 11.3 Å². The summed E-state index contributed by atoms with van der Waals surface area (Å²) < 4.78 is 9.97. The van der Waals surface area contributed by atoms with Gasteiger partial charge in [-0.25, -0.2) is 0 Å². The Morgan fingerprint density at radius 1 is 1.25 bits per heavy atom. The van der Waals surface area contributed by atoms with E-state index in [9.17, 15) is 9.59 Å². The second kappa shape index (κ2) is 9.21. The fourth-order valence-corrected chi connectivity index (χ4v) is 2.98. The molecule has 2 amide bonds. The van der Waals surface area contributed by atoms with Crippen molar-refractivity contribution < 1.29 is 18.7 Å². The molecule has 0 radical (unpaired) electrons. The molecule has 0 aromatic carbocycles. The van der Waals surface area contributed by atoms with Gasteiger partial charge in [0.15, 0.2) is 5.76 Å². The number of anilines is 1. The van der Waals surface area contributed by atoms with E-state index in [-0.39, 0.29) is 17.6 Å². The quantitative estimate of drug-likeness (QED) is 0.600. The van der Waals surface area contributed by atoms with Crippen molar-refractivity contribution in [3.8, 4) is 0 Å². The van der Waals surface area contributed by atoms with Crippen molar-refractivity contribution in [2.45, 2.75) is 6.92 Å². The van der Waals surface area contributed by atoms with Crippen molar-refractivity contribution in [3.05, 3.63) is 40.7 Å². The minimum absolute atomic E-state index is 0.149. The van der Waals surface area contributed by atoms with Crippen LogP contribution >= 0.6 is 11.3 Å². The Balaban J connectivity index is 1.84. The van der Waals surface area contributed by atoms with Gasteiger partial charge >= 0.3 is 0 Å². The molecule has 0 aliphatic rings. The maximum absolute atomic E-state index is 12.2. The Hall–Kier alpha value is -2.16. The average Bonchev–Trinajstić information content (AvgIpc) is 3.20. The molecule has 2 aromatic heterocycles. The Kier molecular flexibility index (Phi) is 6.98. The van der Waals surface area contributed by atoms with E-state index in [1.165, 1.54) is 17.6 Å². The first kappa shape index (κ1) is 18.2. The summed E-state index contributed by atoms with van der Waals surface area (Å²) in [5.41, 5.74) is 0.819. The van der Waals surface area contributed by atoms with Crippen LogP contribution in [0.25, 0.3) is 0 Å². The molecule has 3 N–H and O–H groups in total. The van der Waals surface area contributed by atoms with Crippen molar-refractivity contribution >= 4 is 28.2 Å². The van der Waals surface area contributed by atoms with Crippen LogP contribution in [0.5, 0.6) is 0 Å². The van der Waals surface area contributed by atoms with Gasteiger partial charge in [0.1, 0.15) is 0 Å². The molecule has 0 atom stereocenters. The van der Waals surface area contributed by atoms with Gasteiger partial charge in [-0.1, -0.05) is 0 Å². The number of nitrogens with one attached hydrogen (secondary N) is 3. The highest BCUT2D eigenvalue weighted by atomic mass is 32.1. The zero-order valence-electron chi connectivity index (χ0n) is 13.7. The Bertz CT molecular complexity index is 667. The first-order valence-electron chi connectivity index (χ1n) is 7.55. The third-order valence-corrected chi connectivity index (χ3v) is 4.33. The lowest BCUT2D eigenvalue weighted by molar-refractivity contribution is 0.0955. The van der Waals surface area contributed by atoms with Crippen molar-refractivity contribution in [2.24, 2.45) is 0 Å². The number of carbonyl (C=O) groups is 2. The minimum atomic E-state index is -0.337. The maximum atomic E-state index is 12.2. The highest BCUT2D eigenvalue weighted by Gasteiger charge is 2.16. The molecule has 8 heteroatoms. The smallest absolute Gasteiger partial charge is 0.291 e. The third-order valence-electron chi connectivity index (χ3n) is 3.18. The molecule has 24 heavy (non-hydrogen) atoms. The van der Waals surface area contributed by atoms with Crippen LogP contribution in [0.1, 0.15) is 25.8 Å². The SMILES string of the molecule is COCCNCCNC(=O)c1sc(NC(=O)c2ccco2)cc1C. The second-order valence-corrected chi connectivity index (χ2v) is 6.11. The fourth-order valence-electron chi connectivity index (χ4n) is 1.99. The Labute approximate surface area is 144 Å². The number of carbonyl (C=O) groups excluding carboxylic acids is 2. The summed E-state index contributed by atoms with van der Waals surface area (Å²) in [6, 6.07) is 5.01. The predicted molar refractivity (Wildman–Crippen MR) is 92.8 cm³/mol. The fraction of sp³-hybridized carbons (Fsp3) is 0.375. The lowest BCUT2D eigenvalue weighted by Gasteiger charge is -2.06. The minimum Gasteiger partial charge on any atom is -0.459 e. The Morgan fingerprint density at radius 3 is 2.79 bits per heavy atom. The molecule has 7 nitrogen and oxygen atoms in total. The van der Waals surface area contributed by atoms with E-state index in [4.69, 9.17) is 9.15 Å². The number of methoxy groups -OCH3 is 1. The van der Waals surface area contributed by atoms with E-state index < -0.39 is 0 Å². The van der Waals surface area contributed by atoms with Crippen LogP contribution in [-0.4, -0.2) is 45.2 Å². The highest BCUT2D eigenvalue weighted by molar-refractivity contribution is 7.18. The van der Waals surface area contributed by atoms with Gasteiger partial charge in [0.2, 0.25) is 0 Å². The van der Waals surface area contributed by atoms with E-state index >= 15 is 0 Å². The van der Waals surface area contributed by atoms with Gasteiger partial charge in [-0.2, -0.15) is 0 Å². The number of aryl methyl sites for hydroxylation is 1. The molecule has 0 aliphatic carbocycles. The summed E-state index contributed by atoms with van der Waals surface area (Å²) in [6.45, 7) is 4.41. The number of furan rings is 1. The number of amides is 2. The largest absolute Gasteiger partial charge is 0.459 e. The normalized spacial score (nSPS) is 10.6. The first-order valence-corrected chi connectivity index (χ1v) is 8.36. The number of hydrogen-bond donors (Lipinski definition) is 3. The molecule has 0 fully saturated rings. The summed E-state index contributed by atoms with van der Waals surface area (Å²) in [5.74, 6) is -0.255. The molecule has 0 saturated carbocycles. The lowest BCUT2D eigenvalue weighted by atomic mass is 10.3. The number of hydrogen-bond acceptors (Lipinski definition) is 6. The van der Waals surface area contributed by atoms with Gasteiger partial charge in [0, 0.05) is 26.7 Å². The molecule has 0 saturated heterocycles. The van der Waals surface area contributed by atoms with Crippen LogP contribution in [0.4, 0.5) is 5.00 Å². The molecule has 2 heterocycles. The molecule has 0 aliphatic heterocycles. The number of thiophene rings is 1. The monoisotopic (exact) mass is 351 g/mol. The van der Waals surface area contributed by atoms with Gasteiger partial charge in [0.25, 0.3) is 11.8 Å². The predicted octanol–water partition coefficient (Wildman–Crippen LogP) is 1.87. The van der Waals surface area contributed by atoms with Crippen LogP contribution in [0, 0.1) is 6.92 Å². The number of ether oxygens (including phenoxy) is 1. The van der Waals surface area contributed by atoms with E-state index in [0.29, 0.717) is 29.6 Å². The molecule has 0 unspecified atom stereocenters. The van der Waals surface area contributed by atoms with Crippen molar-refractivity contribution in [2.75, 3.05) is 38.7 Å². The second-order valence-electron chi connectivity index (χ2n) is 5.05. The highest BCUT2D eigenvalue weighted by Crippen LogP contribution is 2.27. The van der Waals surface area contributed by atoms with Crippen molar-refractivity contribution in [1.82, 2.24) is 10.6 Å². The van der Waals surface area contributed by atoms with Gasteiger partial charge in [-0.05, 0) is 30.7 Å². The molecule has 0 bridgehead atoms. The van der Waals surface area contributed by atoms with E-state index in [0.717, 1.165) is 12.1 Å². The summed E-state index contributed by atoms with van der Waals surface area (Å²) >= 11 is 1.24. The van der Waals surface area contributed by atoms with Crippen LogP contribution in [0.3, 0.4) is 0 Å². The van der Waals surface area contributed by atoms with E-state index in [1.54, 1.807) is 25.3 Å². The van der Waals surface area contributed by atoms with Crippen LogP contribution in [0.15, 0.2) is 28.9 Å². The average molecular weight is 351 g/mol. The summed E-state index contributed by atoms with van der Waals surface area (Å²) in [5, 5.41) is 9.34. The molecule has 0 spiro atoms. The van der Waals surface area contributed by atoms with E-state index in [1.807, 2.05) is 6.92 Å². The standard InChI is InChI=1S/C16H21N3O4S/c1-11-10-13(19-15(20)12-4-3-8-23-12)24-14(11)16(21)18-6-5-17-7-9-22-2/h3-4,8,10,17H,5-7,9H2,1-2H3,(H,18,21)(H,19,20). The van der Waals surface area contributed by atoms with Gasteiger partial charge < -0.3 is 25.1 Å². The van der Waals surface area contributed by atoms with E-state index in [2.05, 4.69) is 16.0 Å². The van der Waals surface area contributed by atoms with Crippen LogP contribution < -0.4 is 16.0 Å². The molecular weight excluding hydrogens is 330 g/mol. The molecule has 2 rings (SSSR count). The Morgan fingerprint density at radius 2 is 2.08 bits per heavy atom. The zero-order valence-corrected chi connectivity index (χ0v) is 14.5. The van der Waals surface area contributed by atoms with Crippen molar-refractivity contribution in [3.63, 3.8) is 0 Å². The number of rotatable bonds is 9. The van der Waals surface area contributed by atoms with Gasteiger partial charge in [-0.3, -0.25) is 9.59 Å². The molecule has 130 valence electrons. The topological polar surface area (TPSA) is 92.6 Å². The summed E-state index contributed by atoms with van der Waals surface area (Å²) in [4.78, 5) is 24.7.